The lowest BCUT2D eigenvalue weighted by atomic mass is 10.2. The lowest BCUT2D eigenvalue weighted by molar-refractivity contribution is 0.411. The van der Waals surface area contributed by atoms with Gasteiger partial charge in [-0.25, -0.2) is 17.2 Å². The number of methoxy groups -OCH3 is 1. The zero-order chi connectivity index (χ0) is 15.6. The van der Waals surface area contributed by atoms with Crippen molar-refractivity contribution in [3.63, 3.8) is 0 Å². The van der Waals surface area contributed by atoms with E-state index in [2.05, 4.69) is 0 Å². The molecule has 112 valence electrons. The monoisotopic (exact) mass is 313 g/mol. The van der Waals surface area contributed by atoms with Crippen molar-refractivity contribution in [1.29, 1.82) is 0 Å². The van der Waals surface area contributed by atoms with Gasteiger partial charge in [0.05, 0.1) is 23.4 Å². The normalized spacial score (nSPS) is 11.4. The molecule has 0 atom stereocenters. The molecule has 4 nitrogen and oxygen atoms in total. The first kappa shape index (κ1) is 15.2. The maximum atomic E-state index is 13.8. The van der Waals surface area contributed by atoms with E-state index in [-0.39, 0.29) is 21.9 Å². The minimum atomic E-state index is -3.88. The Morgan fingerprint density at radius 2 is 1.86 bits per heavy atom. The molecule has 0 bridgehead atoms. The van der Waals surface area contributed by atoms with E-state index in [1.165, 1.54) is 19.2 Å². The van der Waals surface area contributed by atoms with E-state index < -0.39 is 27.2 Å². The summed E-state index contributed by atoms with van der Waals surface area (Å²) in [7, 11) is -2.50. The molecule has 2 aromatic rings. The molecule has 0 heterocycles. The van der Waals surface area contributed by atoms with Crippen LogP contribution in [0.25, 0.3) is 0 Å². The number of hydrogen-bond acceptors (Lipinski definition) is 4. The van der Waals surface area contributed by atoms with Crippen LogP contribution in [0.15, 0.2) is 41.3 Å². The molecule has 0 aliphatic rings. The van der Waals surface area contributed by atoms with Gasteiger partial charge < -0.3 is 10.5 Å². The second-order valence-electron chi connectivity index (χ2n) is 4.40. The van der Waals surface area contributed by atoms with E-state index >= 15 is 0 Å². The molecule has 2 N–H and O–H groups in total. The molecule has 0 unspecified atom stereocenters. The van der Waals surface area contributed by atoms with Gasteiger partial charge in [0.15, 0.2) is 9.84 Å². The van der Waals surface area contributed by atoms with Gasteiger partial charge in [-0.3, -0.25) is 0 Å². The average Bonchev–Trinajstić information content (AvgIpc) is 2.40. The topological polar surface area (TPSA) is 69.4 Å². The Bertz CT molecular complexity index is 776. The standard InChI is InChI=1S/C14H13F2NO3S/c1-20-11-4-2-9(12(16)7-11)8-21(18,19)14-5-3-10(15)6-13(14)17/h2-7H,8,17H2,1H3. The SMILES string of the molecule is COc1ccc(CS(=O)(=O)c2ccc(F)cc2N)c(F)c1. The highest BCUT2D eigenvalue weighted by Gasteiger charge is 2.20. The van der Waals surface area contributed by atoms with Gasteiger partial charge in [0.25, 0.3) is 0 Å². The number of ether oxygens (including phenoxy) is 1. The lowest BCUT2D eigenvalue weighted by Gasteiger charge is -2.09. The average molecular weight is 313 g/mol. The molecular weight excluding hydrogens is 300 g/mol. The van der Waals surface area contributed by atoms with Gasteiger partial charge in [-0.05, 0) is 24.3 Å². The van der Waals surface area contributed by atoms with Crippen LogP contribution in [0.5, 0.6) is 5.75 Å². The summed E-state index contributed by atoms with van der Waals surface area (Å²) in [6, 6.07) is 6.86. The zero-order valence-electron chi connectivity index (χ0n) is 11.1. The minimum Gasteiger partial charge on any atom is -0.497 e. The molecule has 2 rings (SSSR count). The number of benzene rings is 2. The molecule has 21 heavy (non-hydrogen) atoms. The molecule has 0 saturated carbocycles. The van der Waals surface area contributed by atoms with Crippen LogP contribution >= 0.6 is 0 Å². The summed E-state index contributed by atoms with van der Waals surface area (Å²) in [5.41, 5.74) is 5.29. The number of rotatable bonds is 4. The van der Waals surface area contributed by atoms with Gasteiger partial charge in [0, 0.05) is 11.6 Å². The molecule has 0 radical (unpaired) electrons. The van der Waals surface area contributed by atoms with Crippen molar-refractivity contribution in [2.75, 3.05) is 12.8 Å². The number of halogens is 2. The molecular formula is C14H13F2NO3S. The third-order valence-corrected chi connectivity index (χ3v) is 4.65. The fourth-order valence-corrected chi connectivity index (χ4v) is 3.35. The number of hydrogen-bond donors (Lipinski definition) is 1. The highest BCUT2D eigenvalue weighted by atomic mass is 32.2. The smallest absolute Gasteiger partial charge is 0.184 e. The predicted octanol–water partition coefficient (Wildman–Crippen LogP) is 2.53. The fraction of sp³-hybridized carbons (Fsp3) is 0.143. The first-order chi connectivity index (χ1) is 9.83. The maximum Gasteiger partial charge on any atom is 0.184 e. The summed E-state index contributed by atoms with van der Waals surface area (Å²) in [6.45, 7) is 0. The van der Waals surface area contributed by atoms with Gasteiger partial charge in [-0.2, -0.15) is 0 Å². The van der Waals surface area contributed by atoms with Gasteiger partial charge in [0.2, 0.25) is 0 Å². The highest BCUT2D eigenvalue weighted by Crippen LogP contribution is 2.25. The van der Waals surface area contributed by atoms with Crippen LogP contribution < -0.4 is 10.5 Å². The van der Waals surface area contributed by atoms with E-state index in [0.717, 1.165) is 24.3 Å². The van der Waals surface area contributed by atoms with E-state index in [1.807, 2.05) is 0 Å². The van der Waals surface area contributed by atoms with E-state index in [1.54, 1.807) is 0 Å². The molecule has 0 aliphatic carbocycles. The number of anilines is 1. The quantitative estimate of drug-likeness (QED) is 0.695. The van der Waals surface area contributed by atoms with Crippen molar-refractivity contribution in [3.8, 4) is 5.75 Å². The van der Waals surface area contributed by atoms with Gasteiger partial charge in [-0.1, -0.05) is 6.07 Å². The summed E-state index contributed by atoms with van der Waals surface area (Å²) < 4.78 is 56.1. The second kappa shape index (κ2) is 5.69. The van der Waals surface area contributed by atoms with Crippen molar-refractivity contribution in [3.05, 3.63) is 53.6 Å². The van der Waals surface area contributed by atoms with Crippen LogP contribution in [0.1, 0.15) is 5.56 Å². The summed E-state index contributed by atoms with van der Waals surface area (Å²) in [5, 5.41) is 0. The Kier molecular flexibility index (Phi) is 4.13. The van der Waals surface area contributed by atoms with Crippen molar-refractivity contribution in [2.24, 2.45) is 0 Å². The van der Waals surface area contributed by atoms with Crippen LogP contribution in [0.3, 0.4) is 0 Å². The van der Waals surface area contributed by atoms with Crippen molar-refractivity contribution in [1.82, 2.24) is 0 Å². The number of sulfone groups is 1. The molecule has 0 fully saturated rings. The molecule has 7 heteroatoms. The molecule has 0 aromatic heterocycles. The molecule has 0 aliphatic heterocycles. The van der Waals surface area contributed by atoms with Crippen LogP contribution in [0.2, 0.25) is 0 Å². The van der Waals surface area contributed by atoms with E-state index in [4.69, 9.17) is 10.5 Å². The van der Waals surface area contributed by atoms with Crippen LogP contribution in [0.4, 0.5) is 14.5 Å². The Labute approximate surface area is 121 Å². The largest absolute Gasteiger partial charge is 0.497 e. The van der Waals surface area contributed by atoms with Gasteiger partial charge >= 0.3 is 0 Å². The van der Waals surface area contributed by atoms with Crippen molar-refractivity contribution in [2.45, 2.75) is 10.6 Å². The van der Waals surface area contributed by atoms with Crippen LogP contribution in [-0.2, 0) is 15.6 Å². The van der Waals surface area contributed by atoms with E-state index in [0.29, 0.717) is 0 Å². The van der Waals surface area contributed by atoms with Crippen molar-refractivity contribution < 1.29 is 21.9 Å². The van der Waals surface area contributed by atoms with Crippen LogP contribution in [0, 0.1) is 11.6 Å². The second-order valence-corrected chi connectivity index (χ2v) is 6.36. The Hall–Kier alpha value is -2.15. The van der Waals surface area contributed by atoms with E-state index in [9.17, 15) is 17.2 Å². The molecule has 0 saturated heterocycles. The minimum absolute atomic E-state index is 0.0143. The Balaban J connectivity index is 2.37. The van der Waals surface area contributed by atoms with Gasteiger partial charge in [0.1, 0.15) is 17.4 Å². The summed E-state index contributed by atoms with van der Waals surface area (Å²) in [6.07, 6.45) is 0. The molecule has 0 spiro atoms. The highest BCUT2D eigenvalue weighted by molar-refractivity contribution is 7.90. The number of nitrogens with two attached hydrogens (primary N) is 1. The first-order valence-electron chi connectivity index (χ1n) is 5.93. The Morgan fingerprint density at radius 1 is 1.14 bits per heavy atom. The lowest BCUT2D eigenvalue weighted by Crippen LogP contribution is -2.09. The van der Waals surface area contributed by atoms with Crippen molar-refractivity contribution >= 4 is 15.5 Å². The summed E-state index contributed by atoms with van der Waals surface area (Å²) in [4.78, 5) is -0.223. The molecule has 2 aromatic carbocycles. The maximum absolute atomic E-state index is 13.8. The summed E-state index contributed by atoms with van der Waals surface area (Å²) in [5.74, 6) is -1.62. The third-order valence-electron chi connectivity index (χ3n) is 2.91. The molecule has 0 amide bonds. The predicted molar refractivity (Wildman–Crippen MR) is 74.7 cm³/mol. The first-order valence-corrected chi connectivity index (χ1v) is 7.59. The fourth-order valence-electron chi connectivity index (χ4n) is 1.86. The van der Waals surface area contributed by atoms with Gasteiger partial charge in [-0.15, -0.1) is 0 Å². The van der Waals surface area contributed by atoms with Crippen LogP contribution in [-0.4, -0.2) is 15.5 Å². The zero-order valence-corrected chi connectivity index (χ0v) is 12.0. The summed E-state index contributed by atoms with van der Waals surface area (Å²) >= 11 is 0. The third kappa shape index (κ3) is 3.30. The Morgan fingerprint density at radius 3 is 2.43 bits per heavy atom. The number of nitrogen functional groups attached to an aromatic ring is 1.